The number of amides is 1. The highest BCUT2D eigenvalue weighted by atomic mass is 35.5. The summed E-state index contributed by atoms with van der Waals surface area (Å²) in [6.45, 7) is 1.07. The predicted octanol–water partition coefficient (Wildman–Crippen LogP) is 1.42. The van der Waals surface area contributed by atoms with E-state index in [0.717, 1.165) is 5.56 Å². The van der Waals surface area contributed by atoms with Crippen molar-refractivity contribution >= 4 is 18.3 Å². The quantitative estimate of drug-likeness (QED) is 0.847. The predicted molar refractivity (Wildman–Crippen MR) is 63.8 cm³/mol. The average molecular weight is 229 g/mol. The van der Waals surface area contributed by atoms with E-state index >= 15 is 0 Å². The molecule has 84 valence electrons. The van der Waals surface area contributed by atoms with Gasteiger partial charge in [-0.3, -0.25) is 4.79 Å². The first-order valence-corrected chi connectivity index (χ1v) is 4.72. The van der Waals surface area contributed by atoms with E-state index in [-0.39, 0.29) is 18.3 Å². The molecule has 0 saturated heterocycles. The molecule has 3 nitrogen and oxygen atoms in total. The molecule has 0 aliphatic carbocycles. The van der Waals surface area contributed by atoms with Crippen LogP contribution in [0.4, 0.5) is 0 Å². The maximum atomic E-state index is 11.4. The van der Waals surface area contributed by atoms with E-state index < -0.39 is 0 Å². The Morgan fingerprint density at radius 1 is 1.33 bits per heavy atom. The number of carbonyl (C=O) groups excluding carboxylic acids is 1. The minimum atomic E-state index is 0. The van der Waals surface area contributed by atoms with Crippen LogP contribution in [0.1, 0.15) is 12.0 Å². The van der Waals surface area contributed by atoms with Gasteiger partial charge in [0.05, 0.1) is 0 Å². The lowest BCUT2D eigenvalue weighted by Crippen LogP contribution is -2.27. The summed E-state index contributed by atoms with van der Waals surface area (Å²) in [6, 6.07) is 9.91. The monoisotopic (exact) mass is 228 g/mol. The Labute approximate surface area is 96.7 Å². The summed E-state index contributed by atoms with van der Waals surface area (Å²) in [5.74, 6) is 0.0938. The van der Waals surface area contributed by atoms with Gasteiger partial charge in [0, 0.05) is 26.6 Å². The lowest BCUT2D eigenvalue weighted by molar-refractivity contribution is -0.130. The molecule has 0 fully saturated rings. The fourth-order valence-corrected chi connectivity index (χ4v) is 1.26. The van der Waals surface area contributed by atoms with Crippen molar-refractivity contribution in [1.29, 1.82) is 0 Å². The van der Waals surface area contributed by atoms with Gasteiger partial charge >= 0.3 is 0 Å². The van der Waals surface area contributed by atoms with Gasteiger partial charge in [0.25, 0.3) is 0 Å². The van der Waals surface area contributed by atoms with Gasteiger partial charge in [0.2, 0.25) is 5.91 Å². The summed E-state index contributed by atoms with van der Waals surface area (Å²) < 4.78 is 0. The molecule has 2 N–H and O–H groups in total. The van der Waals surface area contributed by atoms with Crippen molar-refractivity contribution in [3.8, 4) is 0 Å². The molecule has 0 aromatic heterocycles. The summed E-state index contributed by atoms with van der Waals surface area (Å²) >= 11 is 0. The van der Waals surface area contributed by atoms with Crippen molar-refractivity contribution in [2.75, 3.05) is 13.6 Å². The Bertz CT molecular complexity index is 290. The first-order chi connectivity index (χ1) is 6.74. The summed E-state index contributed by atoms with van der Waals surface area (Å²) in [6.07, 6.45) is 0.420. The fourth-order valence-electron chi connectivity index (χ4n) is 1.26. The highest BCUT2D eigenvalue weighted by Gasteiger charge is 2.06. The maximum Gasteiger partial charge on any atom is 0.223 e. The van der Waals surface area contributed by atoms with Crippen molar-refractivity contribution in [2.45, 2.75) is 13.0 Å². The van der Waals surface area contributed by atoms with Crippen LogP contribution in [0.15, 0.2) is 30.3 Å². The molecule has 0 heterocycles. The molecule has 4 heteroatoms. The molecule has 15 heavy (non-hydrogen) atoms. The molecule has 0 atom stereocenters. The Balaban J connectivity index is 0.00000196. The Hall–Kier alpha value is -1.06. The van der Waals surface area contributed by atoms with E-state index in [2.05, 4.69) is 0 Å². The van der Waals surface area contributed by atoms with Crippen LogP contribution < -0.4 is 5.73 Å². The van der Waals surface area contributed by atoms with Crippen LogP contribution in [0.2, 0.25) is 0 Å². The van der Waals surface area contributed by atoms with E-state index in [4.69, 9.17) is 5.73 Å². The van der Waals surface area contributed by atoms with Crippen molar-refractivity contribution in [1.82, 2.24) is 4.90 Å². The number of hydrogen-bond acceptors (Lipinski definition) is 2. The van der Waals surface area contributed by atoms with Crippen LogP contribution in [-0.2, 0) is 11.3 Å². The molecule has 1 amide bonds. The molecule has 0 radical (unpaired) electrons. The Morgan fingerprint density at radius 2 is 1.93 bits per heavy atom. The average Bonchev–Trinajstić information content (AvgIpc) is 2.19. The van der Waals surface area contributed by atoms with Gasteiger partial charge < -0.3 is 10.6 Å². The summed E-state index contributed by atoms with van der Waals surface area (Å²) in [4.78, 5) is 13.1. The van der Waals surface area contributed by atoms with Gasteiger partial charge in [0.15, 0.2) is 0 Å². The van der Waals surface area contributed by atoms with Gasteiger partial charge in [-0.25, -0.2) is 0 Å². The molecular formula is C11H17ClN2O. The molecule has 1 aromatic carbocycles. The van der Waals surface area contributed by atoms with Gasteiger partial charge in [-0.1, -0.05) is 30.3 Å². The number of rotatable bonds is 4. The van der Waals surface area contributed by atoms with Gasteiger partial charge in [-0.05, 0) is 5.56 Å². The normalized spacial score (nSPS) is 9.20. The largest absolute Gasteiger partial charge is 0.341 e. The lowest BCUT2D eigenvalue weighted by atomic mass is 10.2. The van der Waals surface area contributed by atoms with Gasteiger partial charge in [-0.2, -0.15) is 0 Å². The van der Waals surface area contributed by atoms with Crippen molar-refractivity contribution in [3.63, 3.8) is 0 Å². The number of carbonyl (C=O) groups is 1. The Kier molecular flexibility index (Phi) is 6.75. The smallest absolute Gasteiger partial charge is 0.223 e. The second kappa shape index (κ2) is 7.26. The van der Waals surface area contributed by atoms with Gasteiger partial charge in [0.1, 0.15) is 0 Å². The van der Waals surface area contributed by atoms with Crippen LogP contribution in [0, 0.1) is 0 Å². The van der Waals surface area contributed by atoms with Crippen LogP contribution >= 0.6 is 12.4 Å². The molecule has 0 saturated carbocycles. The van der Waals surface area contributed by atoms with Crippen LogP contribution in [0.25, 0.3) is 0 Å². The second-order valence-corrected chi connectivity index (χ2v) is 3.27. The maximum absolute atomic E-state index is 11.4. The zero-order valence-electron chi connectivity index (χ0n) is 8.85. The first kappa shape index (κ1) is 13.9. The molecule has 0 spiro atoms. The molecule has 0 aliphatic rings. The third-order valence-corrected chi connectivity index (χ3v) is 2.05. The summed E-state index contributed by atoms with van der Waals surface area (Å²) in [5.41, 5.74) is 6.45. The third-order valence-electron chi connectivity index (χ3n) is 2.05. The van der Waals surface area contributed by atoms with Crippen molar-refractivity contribution in [3.05, 3.63) is 35.9 Å². The van der Waals surface area contributed by atoms with E-state index in [1.807, 2.05) is 30.3 Å². The fraction of sp³-hybridized carbons (Fsp3) is 0.364. The molecule has 0 aliphatic heterocycles. The molecule has 1 rings (SSSR count). The molecule has 1 aromatic rings. The molecule has 0 bridgehead atoms. The first-order valence-electron chi connectivity index (χ1n) is 4.72. The summed E-state index contributed by atoms with van der Waals surface area (Å²) in [7, 11) is 1.80. The van der Waals surface area contributed by atoms with E-state index in [1.165, 1.54) is 0 Å². The van der Waals surface area contributed by atoms with E-state index in [1.54, 1.807) is 11.9 Å². The number of nitrogens with zero attached hydrogens (tertiary/aromatic N) is 1. The van der Waals surface area contributed by atoms with Crippen LogP contribution in [0.5, 0.6) is 0 Å². The number of benzene rings is 1. The third kappa shape index (κ3) is 4.81. The van der Waals surface area contributed by atoms with E-state index in [9.17, 15) is 4.79 Å². The number of nitrogens with two attached hydrogens (primary N) is 1. The van der Waals surface area contributed by atoms with E-state index in [0.29, 0.717) is 19.5 Å². The molecular weight excluding hydrogens is 212 g/mol. The summed E-state index contributed by atoms with van der Waals surface area (Å²) in [5, 5.41) is 0. The zero-order chi connectivity index (χ0) is 10.4. The second-order valence-electron chi connectivity index (χ2n) is 3.27. The minimum Gasteiger partial charge on any atom is -0.341 e. The topological polar surface area (TPSA) is 46.3 Å². The SMILES string of the molecule is CN(Cc1ccccc1)C(=O)CCN.Cl. The standard InChI is InChI=1S/C11H16N2O.ClH/c1-13(11(14)7-8-12)9-10-5-3-2-4-6-10;/h2-6H,7-9,12H2,1H3;1H. The highest BCUT2D eigenvalue weighted by Crippen LogP contribution is 2.03. The zero-order valence-corrected chi connectivity index (χ0v) is 9.67. The van der Waals surface area contributed by atoms with Crippen LogP contribution in [0.3, 0.4) is 0 Å². The van der Waals surface area contributed by atoms with Crippen molar-refractivity contribution < 1.29 is 4.79 Å². The Morgan fingerprint density at radius 3 is 2.47 bits per heavy atom. The highest BCUT2D eigenvalue weighted by molar-refractivity contribution is 5.85. The molecule has 0 unspecified atom stereocenters. The van der Waals surface area contributed by atoms with Crippen molar-refractivity contribution in [2.24, 2.45) is 5.73 Å². The lowest BCUT2D eigenvalue weighted by Gasteiger charge is -2.16. The minimum absolute atomic E-state index is 0. The number of halogens is 1. The van der Waals surface area contributed by atoms with Gasteiger partial charge in [-0.15, -0.1) is 12.4 Å². The number of hydrogen-bond donors (Lipinski definition) is 1. The van der Waals surface area contributed by atoms with Crippen LogP contribution in [-0.4, -0.2) is 24.4 Å².